The van der Waals surface area contributed by atoms with Crippen LogP contribution in [0.5, 0.6) is 0 Å². The van der Waals surface area contributed by atoms with Gasteiger partial charge in [-0.2, -0.15) is 0 Å². The number of carbonyl (C=O) groups is 3. The largest absolute Gasteiger partial charge is 0.481 e. The third-order valence-corrected chi connectivity index (χ3v) is 7.23. The first-order chi connectivity index (χ1) is 16.6. The SMILES string of the molecule is CC1CCC(C(=O)O)CN1C(=O)[C@@H](NC(=O)OCC1c2ccccc2-c2ccccc21)C(C)(C)C. The van der Waals surface area contributed by atoms with Gasteiger partial charge in [0.25, 0.3) is 0 Å². The van der Waals surface area contributed by atoms with Crippen LogP contribution in [0, 0.1) is 11.3 Å². The number of nitrogens with one attached hydrogen (secondary N) is 1. The Labute approximate surface area is 206 Å². The quantitative estimate of drug-likeness (QED) is 0.652. The van der Waals surface area contributed by atoms with Gasteiger partial charge in [0, 0.05) is 18.5 Å². The number of hydrogen-bond acceptors (Lipinski definition) is 4. The molecule has 2 aromatic rings. The van der Waals surface area contributed by atoms with Gasteiger partial charge >= 0.3 is 12.1 Å². The second-order valence-electron chi connectivity index (χ2n) is 10.7. The van der Waals surface area contributed by atoms with Crippen molar-refractivity contribution in [3.8, 4) is 11.1 Å². The van der Waals surface area contributed by atoms with Crippen molar-refractivity contribution in [2.75, 3.05) is 13.2 Å². The van der Waals surface area contributed by atoms with Crippen molar-refractivity contribution in [2.45, 2.75) is 58.5 Å². The van der Waals surface area contributed by atoms with Gasteiger partial charge in [-0.15, -0.1) is 0 Å². The van der Waals surface area contributed by atoms with Crippen LogP contribution < -0.4 is 5.32 Å². The summed E-state index contributed by atoms with van der Waals surface area (Å²) in [7, 11) is 0. The van der Waals surface area contributed by atoms with Gasteiger partial charge in [0.05, 0.1) is 5.92 Å². The number of hydrogen-bond donors (Lipinski definition) is 2. The second kappa shape index (κ2) is 9.72. The lowest BCUT2D eigenvalue weighted by Gasteiger charge is -2.41. The Morgan fingerprint density at radius 1 is 1.03 bits per heavy atom. The Kier molecular flexibility index (Phi) is 6.88. The summed E-state index contributed by atoms with van der Waals surface area (Å²) in [6, 6.07) is 15.3. The molecular weight excluding hydrogens is 444 g/mol. The number of carboxylic acid groups (broad SMARTS) is 1. The molecule has 2 aliphatic rings. The summed E-state index contributed by atoms with van der Waals surface area (Å²) in [4.78, 5) is 39.6. The van der Waals surface area contributed by atoms with Crippen LogP contribution in [0.1, 0.15) is 57.6 Å². The first-order valence-corrected chi connectivity index (χ1v) is 12.2. The van der Waals surface area contributed by atoms with Gasteiger partial charge in [-0.1, -0.05) is 69.3 Å². The average Bonchev–Trinajstić information content (AvgIpc) is 3.14. The van der Waals surface area contributed by atoms with Gasteiger partial charge in [-0.3, -0.25) is 9.59 Å². The number of carbonyl (C=O) groups excluding carboxylic acids is 2. The number of likely N-dealkylation sites (tertiary alicyclic amines) is 1. The predicted molar refractivity (Wildman–Crippen MR) is 133 cm³/mol. The van der Waals surface area contributed by atoms with E-state index in [1.54, 1.807) is 4.90 Å². The number of piperidine rings is 1. The molecule has 2 aromatic carbocycles. The number of benzene rings is 2. The van der Waals surface area contributed by atoms with Crippen molar-refractivity contribution in [1.82, 2.24) is 10.2 Å². The number of nitrogens with zero attached hydrogens (tertiary/aromatic N) is 1. The highest BCUT2D eigenvalue weighted by atomic mass is 16.5. The van der Waals surface area contributed by atoms with Gasteiger partial charge < -0.3 is 20.1 Å². The van der Waals surface area contributed by atoms with E-state index in [0.29, 0.717) is 12.8 Å². The number of amides is 2. The van der Waals surface area contributed by atoms with Crippen molar-refractivity contribution in [2.24, 2.45) is 11.3 Å². The molecule has 7 nitrogen and oxygen atoms in total. The maximum atomic E-state index is 13.5. The summed E-state index contributed by atoms with van der Waals surface area (Å²) < 4.78 is 5.67. The lowest BCUT2D eigenvalue weighted by Crippen LogP contribution is -2.59. The number of carboxylic acids is 1. The van der Waals surface area contributed by atoms with Gasteiger partial charge in [-0.05, 0) is 47.4 Å². The monoisotopic (exact) mass is 478 g/mol. The Morgan fingerprint density at radius 3 is 2.14 bits per heavy atom. The molecule has 0 saturated carbocycles. The van der Waals surface area contributed by atoms with E-state index in [2.05, 4.69) is 29.6 Å². The second-order valence-corrected chi connectivity index (χ2v) is 10.7. The summed E-state index contributed by atoms with van der Waals surface area (Å²) in [5, 5.41) is 12.2. The van der Waals surface area contributed by atoms with Crippen LogP contribution >= 0.6 is 0 Å². The van der Waals surface area contributed by atoms with Gasteiger partial charge in [0.15, 0.2) is 0 Å². The van der Waals surface area contributed by atoms with Gasteiger partial charge in [0.1, 0.15) is 12.6 Å². The minimum atomic E-state index is -0.897. The Hall–Kier alpha value is -3.35. The standard InChI is InChI=1S/C28H34N2O5/c1-17-13-14-18(26(32)33)15-30(17)25(31)24(28(2,3)4)29-27(34)35-16-23-21-11-7-5-9-19(21)20-10-6-8-12-22(20)23/h5-12,17-18,23-24H,13-16H2,1-4H3,(H,29,34)(H,32,33)/t17?,18?,24-/m1/s1. The number of rotatable bonds is 5. The molecule has 1 aliphatic carbocycles. The van der Waals surface area contributed by atoms with E-state index >= 15 is 0 Å². The first kappa shape index (κ1) is 24.8. The minimum Gasteiger partial charge on any atom is -0.481 e. The summed E-state index contributed by atoms with van der Waals surface area (Å²) in [6.07, 6.45) is 0.504. The number of ether oxygens (including phenoxy) is 1. The van der Waals surface area contributed by atoms with E-state index in [-0.39, 0.29) is 31.0 Å². The Balaban J connectivity index is 1.46. The molecule has 1 saturated heterocycles. The predicted octanol–water partition coefficient (Wildman–Crippen LogP) is 4.65. The van der Waals surface area contributed by atoms with E-state index < -0.39 is 29.4 Å². The van der Waals surface area contributed by atoms with E-state index in [4.69, 9.17) is 4.74 Å². The molecule has 4 rings (SSSR count). The molecule has 0 radical (unpaired) electrons. The molecule has 186 valence electrons. The lowest BCUT2D eigenvalue weighted by molar-refractivity contribution is -0.148. The molecule has 1 heterocycles. The highest BCUT2D eigenvalue weighted by Gasteiger charge is 2.41. The zero-order chi connectivity index (χ0) is 25.3. The maximum Gasteiger partial charge on any atom is 0.407 e. The van der Waals surface area contributed by atoms with Crippen LogP contribution in [0.2, 0.25) is 0 Å². The summed E-state index contributed by atoms with van der Waals surface area (Å²) >= 11 is 0. The molecule has 0 aromatic heterocycles. The van der Waals surface area contributed by atoms with E-state index in [1.165, 1.54) is 0 Å². The minimum absolute atomic E-state index is 0.0737. The topological polar surface area (TPSA) is 95.9 Å². The van der Waals surface area contributed by atoms with Crippen molar-refractivity contribution >= 4 is 18.0 Å². The fourth-order valence-electron chi connectivity index (χ4n) is 5.19. The number of alkyl carbamates (subject to hydrolysis) is 1. The molecule has 0 spiro atoms. The van der Waals surface area contributed by atoms with Crippen LogP contribution in [0.4, 0.5) is 4.79 Å². The molecule has 2 N–H and O–H groups in total. The number of fused-ring (bicyclic) bond motifs is 3. The fourth-order valence-corrected chi connectivity index (χ4v) is 5.19. The van der Waals surface area contributed by atoms with E-state index in [0.717, 1.165) is 22.3 Å². The molecular formula is C28H34N2O5. The smallest absolute Gasteiger partial charge is 0.407 e. The van der Waals surface area contributed by atoms with Crippen molar-refractivity contribution in [3.05, 3.63) is 59.7 Å². The number of aliphatic carboxylic acids is 1. The average molecular weight is 479 g/mol. The summed E-state index contributed by atoms with van der Waals surface area (Å²) in [6.45, 7) is 7.86. The molecule has 3 atom stereocenters. The third kappa shape index (κ3) is 5.04. The molecule has 35 heavy (non-hydrogen) atoms. The van der Waals surface area contributed by atoms with Gasteiger partial charge in [0.2, 0.25) is 5.91 Å². The van der Waals surface area contributed by atoms with Crippen LogP contribution in [-0.4, -0.2) is 53.2 Å². The van der Waals surface area contributed by atoms with E-state index in [1.807, 2.05) is 52.0 Å². The highest BCUT2D eigenvalue weighted by Crippen LogP contribution is 2.44. The van der Waals surface area contributed by atoms with Crippen LogP contribution in [0.3, 0.4) is 0 Å². The first-order valence-electron chi connectivity index (χ1n) is 12.2. The summed E-state index contributed by atoms with van der Waals surface area (Å²) in [5.41, 5.74) is 3.94. The maximum absolute atomic E-state index is 13.5. The fraction of sp³-hybridized carbons (Fsp3) is 0.464. The Bertz CT molecular complexity index is 1080. The Morgan fingerprint density at radius 2 is 1.60 bits per heavy atom. The van der Waals surface area contributed by atoms with Gasteiger partial charge in [-0.25, -0.2) is 4.79 Å². The third-order valence-electron chi connectivity index (χ3n) is 7.23. The molecule has 0 bridgehead atoms. The van der Waals surface area contributed by atoms with Crippen LogP contribution in [0.25, 0.3) is 11.1 Å². The highest BCUT2D eigenvalue weighted by molar-refractivity contribution is 5.87. The normalized spacial score (nSPS) is 20.5. The van der Waals surface area contributed by atoms with Crippen LogP contribution in [0.15, 0.2) is 48.5 Å². The zero-order valence-corrected chi connectivity index (χ0v) is 20.8. The summed E-state index contributed by atoms with van der Waals surface area (Å²) in [5.74, 6) is -1.84. The van der Waals surface area contributed by atoms with Crippen molar-refractivity contribution < 1.29 is 24.2 Å². The molecule has 1 fully saturated rings. The molecule has 2 amide bonds. The molecule has 1 aliphatic heterocycles. The lowest BCUT2D eigenvalue weighted by atomic mass is 9.84. The molecule has 2 unspecified atom stereocenters. The van der Waals surface area contributed by atoms with Crippen molar-refractivity contribution in [1.29, 1.82) is 0 Å². The molecule has 7 heteroatoms. The zero-order valence-electron chi connectivity index (χ0n) is 20.8. The van der Waals surface area contributed by atoms with E-state index in [9.17, 15) is 19.5 Å². The van der Waals surface area contributed by atoms with Crippen molar-refractivity contribution in [3.63, 3.8) is 0 Å². The van der Waals surface area contributed by atoms with Crippen LogP contribution in [-0.2, 0) is 14.3 Å².